The Morgan fingerprint density at radius 1 is 1.43 bits per heavy atom. The third-order valence-corrected chi connectivity index (χ3v) is 4.30. The molecule has 0 aliphatic carbocycles. The zero-order chi connectivity index (χ0) is 10.6. The Kier molecular flexibility index (Phi) is 4.78. The second kappa shape index (κ2) is 5.41. The maximum absolute atomic E-state index is 3.50. The third-order valence-electron chi connectivity index (χ3n) is 3.11. The first-order valence-corrected chi connectivity index (χ1v) is 6.93. The Bertz CT molecular complexity index is 156. The van der Waals surface area contributed by atoms with Gasteiger partial charge in [-0.25, -0.2) is 0 Å². The third kappa shape index (κ3) is 4.22. The molecule has 1 heterocycles. The van der Waals surface area contributed by atoms with Gasteiger partial charge in [0.1, 0.15) is 0 Å². The first-order valence-electron chi connectivity index (χ1n) is 5.78. The van der Waals surface area contributed by atoms with Crippen molar-refractivity contribution >= 4 is 11.8 Å². The number of nitrogens with one attached hydrogen (secondary N) is 1. The fourth-order valence-electron chi connectivity index (χ4n) is 2.07. The number of thioether (sulfide) groups is 1. The topological polar surface area (TPSA) is 12.0 Å². The summed E-state index contributed by atoms with van der Waals surface area (Å²) in [6.07, 6.45) is 4.09. The molecule has 0 bridgehead atoms. The summed E-state index contributed by atoms with van der Waals surface area (Å²) in [7, 11) is 2.12. The number of hydrogen-bond acceptors (Lipinski definition) is 2. The summed E-state index contributed by atoms with van der Waals surface area (Å²) < 4.78 is 0. The van der Waals surface area contributed by atoms with Gasteiger partial charge in [0.05, 0.1) is 0 Å². The molecule has 1 nitrogen and oxygen atoms in total. The molecule has 0 aromatic heterocycles. The van der Waals surface area contributed by atoms with Crippen LogP contribution < -0.4 is 5.32 Å². The lowest BCUT2D eigenvalue weighted by Crippen LogP contribution is -2.34. The molecule has 1 rings (SSSR count). The van der Waals surface area contributed by atoms with Gasteiger partial charge in [-0.2, -0.15) is 11.8 Å². The van der Waals surface area contributed by atoms with E-state index in [-0.39, 0.29) is 0 Å². The van der Waals surface area contributed by atoms with Crippen molar-refractivity contribution in [3.05, 3.63) is 0 Å². The van der Waals surface area contributed by atoms with Gasteiger partial charge in [-0.15, -0.1) is 0 Å². The van der Waals surface area contributed by atoms with E-state index >= 15 is 0 Å². The van der Waals surface area contributed by atoms with Crippen LogP contribution in [0.4, 0.5) is 0 Å². The Hall–Kier alpha value is 0.310. The van der Waals surface area contributed by atoms with E-state index in [0.29, 0.717) is 5.41 Å². The van der Waals surface area contributed by atoms with Crippen molar-refractivity contribution in [1.29, 1.82) is 0 Å². The fourth-order valence-corrected chi connectivity index (χ4v) is 3.41. The quantitative estimate of drug-likeness (QED) is 0.773. The van der Waals surface area contributed by atoms with Crippen molar-refractivity contribution in [3.8, 4) is 0 Å². The van der Waals surface area contributed by atoms with Crippen LogP contribution >= 0.6 is 11.8 Å². The van der Waals surface area contributed by atoms with Crippen LogP contribution in [0.1, 0.15) is 40.0 Å². The molecular weight excluding hydrogens is 190 g/mol. The summed E-state index contributed by atoms with van der Waals surface area (Å²) in [4.78, 5) is 0. The van der Waals surface area contributed by atoms with Crippen molar-refractivity contribution < 1.29 is 0 Å². The first kappa shape index (κ1) is 12.4. The minimum Gasteiger partial charge on any atom is -0.317 e. The Morgan fingerprint density at radius 3 is 2.57 bits per heavy atom. The molecule has 1 saturated heterocycles. The van der Waals surface area contributed by atoms with Gasteiger partial charge in [0.2, 0.25) is 0 Å². The molecule has 0 saturated carbocycles. The second-order valence-electron chi connectivity index (χ2n) is 5.62. The Balaban J connectivity index is 2.31. The highest BCUT2D eigenvalue weighted by Gasteiger charge is 2.25. The van der Waals surface area contributed by atoms with E-state index < -0.39 is 0 Å². The molecule has 1 N–H and O–H groups in total. The SMILES string of the molecule is CNC(CCC(C)(C)C)C1CCSC1. The minimum absolute atomic E-state index is 0.487. The Morgan fingerprint density at radius 2 is 2.14 bits per heavy atom. The van der Waals surface area contributed by atoms with Crippen LogP contribution in [-0.4, -0.2) is 24.6 Å². The maximum atomic E-state index is 3.50. The van der Waals surface area contributed by atoms with Gasteiger partial charge in [0.25, 0.3) is 0 Å². The van der Waals surface area contributed by atoms with E-state index in [0.717, 1.165) is 12.0 Å². The second-order valence-corrected chi connectivity index (χ2v) is 6.77. The molecule has 0 aromatic rings. The smallest absolute Gasteiger partial charge is 0.0101 e. The average Bonchev–Trinajstić information content (AvgIpc) is 2.56. The van der Waals surface area contributed by atoms with Gasteiger partial charge in [0.15, 0.2) is 0 Å². The molecule has 0 aromatic carbocycles. The molecule has 14 heavy (non-hydrogen) atoms. The summed E-state index contributed by atoms with van der Waals surface area (Å²) >= 11 is 2.12. The van der Waals surface area contributed by atoms with E-state index in [1.54, 1.807) is 0 Å². The highest BCUT2D eigenvalue weighted by molar-refractivity contribution is 7.99. The molecule has 0 spiro atoms. The van der Waals surface area contributed by atoms with Crippen LogP contribution in [0.3, 0.4) is 0 Å². The lowest BCUT2D eigenvalue weighted by atomic mass is 9.85. The zero-order valence-corrected chi connectivity index (χ0v) is 10.9. The van der Waals surface area contributed by atoms with E-state index in [2.05, 4.69) is 44.9 Å². The molecule has 1 fully saturated rings. The molecule has 2 unspecified atom stereocenters. The van der Waals surface area contributed by atoms with Crippen LogP contribution in [-0.2, 0) is 0 Å². The summed E-state index contributed by atoms with van der Waals surface area (Å²) in [5.74, 6) is 3.67. The lowest BCUT2D eigenvalue weighted by molar-refractivity contribution is 0.298. The molecule has 84 valence electrons. The standard InChI is InChI=1S/C12H25NS/c1-12(2,3)7-5-11(13-4)10-6-8-14-9-10/h10-11,13H,5-9H2,1-4H3. The van der Waals surface area contributed by atoms with E-state index in [9.17, 15) is 0 Å². The van der Waals surface area contributed by atoms with E-state index in [4.69, 9.17) is 0 Å². The van der Waals surface area contributed by atoms with Gasteiger partial charge in [-0.3, -0.25) is 0 Å². The van der Waals surface area contributed by atoms with Crippen LogP contribution in [0.15, 0.2) is 0 Å². The predicted molar refractivity (Wildman–Crippen MR) is 67.0 cm³/mol. The van der Waals surface area contributed by atoms with E-state index in [1.165, 1.54) is 30.8 Å². The molecule has 1 aliphatic rings. The number of hydrogen-bond donors (Lipinski definition) is 1. The van der Waals surface area contributed by atoms with Crippen molar-refractivity contribution in [2.24, 2.45) is 11.3 Å². The highest BCUT2D eigenvalue weighted by atomic mass is 32.2. The predicted octanol–water partition coefficient (Wildman–Crippen LogP) is 3.15. The molecule has 2 atom stereocenters. The molecule has 0 radical (unpaired) electrons. The van der Waals surface area contributed by atoms with Gasteiger partial charge in [-0.1, -0.05) is 20.8 Å². The monoisotopic (exact) mass is 215 g/mol. The van der Waals surface area contributed by atoms with Crippen molar-refractivity contribution in [2.45, 2.75) is 46.1 Å². The van der Waals surface area contributed by atoms with Gasteiger partial charge in [0, 0.05) is 6.04 Å². The maximum Gasteiger partial charge on any atom is 0.0101 e. The molecule has 2 heteroatoms. The van der Waals surface area contributed by atoms with Crippen molar-refractivity contribution in [3.63, 3.8) is 0 Å². The van der Waals surface area contributed by atoms with E-state index in [1.807, 2.05) is 0 Å². The molecular formula is C12H25NS. The Labute approximate surface area is 93.4 Å². The van der Waals surface area contributed by atoms with Crippen LogP contribution in [0.5, 0.6) is 0 Å². The normalized spacial score (nSPS) is 25.3. The minimum atomic E-state index is 0.487. The largest absolute Gasteiger partial charge is 0.317 e. The van der Waals surface area contributed by atoms with Gasteiger partial charge >= 0.3 is 0 Å². The van der Waals surface area contributed by atoms with Gasteiger partial charge < -0.3 is 5.32 Å². The zero-order valence-electron chi connectivity index (χ0n) is 10.1. The van der Waals surface area contributed by atoms with Gasteiger partial charge in [-0.05, 0) is 49.1 Å². The first-order chi connectivity index (χ1) is 6.53. The molecule has 1 aliphatic heterocycles. The van der Waals surface area contributed by atoms with Crippen LogP contribution in [0.25, 0.3) is 0 Å². The summed E-state index contributed by atoms with van der Waals surface area (Å²) in [5.41, 5.74) is 0.487. The highest BCUT2D eigenvalue weighted by Crippen LogP contribution is 2.30. The van der Waals surface area contributed by atoms with Crippen molar-refractivity contribution in [2.75, 3.05) is 18.6 Å². The van der Waals surface area contributed by atoms with Crippen molar-refractivity contribution in [1.82, 2.24) is 5.32 Å². The van der Waals surface area contributed by atoms with Crippen LogP contribution in [0.2, 0.25) is 0 Å². The van der Waals surface area contributed by atoms with Crippen LogP contribution in [0, 0.1) is 11.3 Å². The molecule has 0 amide bonds. The summed E-state index contributed by atoms with van der Waals surface area (Å²) in [5, 5.41) is 3.50. The number of rotatable bonds is 4. The lowest BCUT2D eigenvalue weighted by Gasteiger charge is -2.26. The summed E-state index contributed by atoms with van der Waals surface area (Å²) in [6.45, 7) is 7.01. The fraction of sp³-hybridized carbons (Fsp3) is 1.00. The summed E-state index contributed by atoms with van der Waals surface area (Å²) in [6, 6.07) is 0.754. The average molecular weight is 215 g/mol.